The minimum Gasteiger partial charge on any atom is -0.455 e. The highest BCUT2D eigenvalue weighted by Gasteiger charge is 2.36. The molecule has 0 saturated heterocycles. The van der Waals surface area contributed by atoms with Gasteiger partial charge in [0, 0.05) is 30.9 Å². The molecule has 3 nitrogen and oxygen atoms in total. The van der Waals surface area contributed by atoms with Crippen molar-refractivity contribution in [2.45, 2.75) is 65.8 Å². The van der Waals surface area contributed by atoms with Gasteiger partial charge in [-0.3, -0.25) is 0 Å². The Kier molecular flexibility index (Phi) is 5.18. The Morgan fingerprint density at radius 3 is 2.32 bits per heavy atom. The fraction of sp³-hybridized carbons (Fsp3) is 0.314. The lowest BCUT2D eigenvalue weighted by Crippen LogP contribution is -2.32. The third-order valence-corrected chi connectivity index (χ3v) is 8.08. The standard InChI is InChI=1S/C35H35N2O/c1-20-10-12-26-27(16-20)21(2)29-32-30-25(14-15-37(32)9)24-13-11-22(19-35(6,7)36-8)17-23(24)18-28(30)38-33(29)31(26)34(3,4)5/h10-18H,19H2,1-7,9H3/q+1. The second kappa shape index (κ2) is 8.05. The highest BCUT2D eigenvalue weighted by molar-refractivity contribution is 6.16. The van der Waals surface area contributed by atoms with Crippen LogP contribution in [-0.4, -0.2) is 5.54 Å². The zero-order valence-corrected chi connectivity index (χ0v) is 23.7. The van der Waals surface area contributed by atoms with Crippen LogP contribution in [0.15, 0.2) is 54.7 Å². The molecule has 0 spiro atoms. The quantitative estimate of drug-likeness (QED) is 0.132. The first kappa shape index (κ1) is 24.4. The number of hydrogen-bond acceptors (Lipinski definition) is 1. The predicted octanol–water partition coefficient (Wildman–Crippen LogP) is 8.90. The molecular weight excluding hydrogens is 464 g/mol. The van der Waals surface area contributed by atoms with Crippen LogP contribution in [-0.2, 0) is 18.9 Å². The predicted molar refractivity (Wildman–Crippen MR) is 158 cm³/mol. The molecule has 38 heavy (non-hydrogen) atoms. The van der Waals surface area contributed by atoms with Crippen molar-refractivity contribution in [1.82, 2.24) is 0 Å². The Morgan fingerprint density at radius 1 is 0.868 bits per heavy atom. The summed E-state index contributed by atoms with van der Waals surface area (Å²) in [5.41, 5.74) is 6.84. The molecule has 3 heteroatoms. The molecule has 0 saturated carbocycles. The number of hydrogen-bond donors (Lipinski definition) is 0. The molecule has 0 radical (unpaired) electrons. The van der Waals surface area contributed by atoms with Crippen molar-refractivity contribution < 1.29 is 9.30 Å². The van der Waals surface area contributed by atoms with Crippen LogP contribution in [0.1, 0.15) is 56.9 Å². The molecule has 6 rings (SSSR count). The van der Waals surface area contributed by atoms with Crippen molar-refractivity contribution in [2.24, 2.45) is 7.05 Å². The zero-order valence-electron chi connectivity index (χ0n) is 23.7. The number of aromatic nitrogens is 1. The fourth-order valence-electron chi connectivity index (χ4n) is 6.32. The van der Waals surface area contributed by atoms with Crippen LogP contribution in [0, 0.1) is 20.4 Å². The lowest BCUT2D eigenvalue weighted by atomic mass is 9.78. The number of fused-ring (bicyclic) bond motifs is 5. The average molecular weight is 500 g/mol. The van der Waals surface area contributed by atoms with Gasteiger partial charge in [0.1, 0.15) is 18.5 Å². The van der Waals surface area contributed by atoms with Gasteiger partial charge in [-0.2, -0.15) is 0 Å². The molecule has 1 aromatic heterocycles. The molecule has 0 amide bonds. The summed E-state index contributed by atoms with van der Waals surface area (Å²) in [4.78, 5) is 3.83. The summed E-state index contributed by atoms with van der Waals surface area (Å²) in [5.74, 6) is 1.88. The van der Waals surface area contributed by atoms with Crippen molar-refractivity contribution in [3.05, 3.63) is 88.4 Å². The van der Waals surface area contributed by atoms with Gasteiger partial charge in [-0.25, -0.2) is 11.1 Å². The van der Waals surface area contributed by atoms with E-state index in [0.29, 0.717) is 0 Å². The van der Waals surface area contributed by atoms with E-state index in [1.54, 1.807) is 0 Å². The first-order chi connectivity index (χ1) is 17.9. The molecule has 0 bridgehead atoms. The number of ether oxygens (including phenoxy) is 1. The lowest BCUT2D eigenvalue weighted by molar-refractivity contribution is -0.659. The van der Waals surface area contributed by atoms with E-state index in [1.165, 1.54) is 60.4 Å². The number of nitrogens with zero attached hydrogens (tertiary/aromatic N) is 2. The molecule has 0 atom stereocenters. The first-order valence-electron chi connectivity index (χ1n) is 13.4. The smallest absolute Gasteiger partial charge is 0.231 e. The average Bonchev–Trinajstić information content (AvgIpc) is 2.84. The Hall–Kier alpha value is -3.90. The fourth-order valence-corrected chi connectivity index (χ4v) is 6.32. The van der Waals surface area contributed by atoms with Crippen LogP contribution in [0.5, 0.6) is 11.5 Å². The van der Waals surface area contributed by atoms with Crippen molar-refractivity contribution in [3.63, 3.8) is 0 Å². The van der Waals surface area contributed by atoms with E-state index in [-0.39, 0.29) is 5.41 Å². The SMILES string of the molecule is [C-]#[N+]C(C)(C)Cc1ccc2c(c1)cc1c3c([n+](C)ccc32)-c2c(c(C(C)(C)C)c3ccc(C)cc3c2C)O1. The van der Waals surface area contributed by atoms with Crippen molar-refractivity contribution in [2.75, 3.05) is 0 Å². The third-order valence-electron chi connectivity index (χ3n) is 8.08. The van der Waals surface area contributed by atoms with Crippen LogP contribution in [0.2, 0.25) is 0 Å². The molecule has 1 aliphatic rings. The summed E-state index contributed by atoms with van der Waals surface area (Å²) in [6.07, 6.45) is 2.90. The maximum Gasteiger partial charge on any atom is 0.231 e. The van der Waals surface area contributed by atoms with Crippen LogP contribution in [0.25, 0.3) is 48.4 Å². The maximum absolute atomic E-state index is 7.57. The molecule has 0 unspecified atom stereocenters. The molecule has 2 heterocycles. The summed E-state index contributed by atoms with van der Waals surface area (Å²) in [5, 5.41) is 7.30. The Morgan fingerprint density at radius 2 is 1.61 bits per heavy atom. The minimum atomic E-state index is -0.423. The van der Waals surface area contributed by atoms with E-state index in [2.05, 4.69) is 106 Å². The normalized spacial score (nSPS) is 13.0. The summed E-state index contributed by atoms with van der Waals surface area (Å²) >= 11 is 0. The molecule has 4 aromatic carbocycles. The molecule has 0 fully saturated rings. The van der Waals surface area contributed by atoms with Gasteiger partial charge in [0.2, 0.25) is 11.2 Å². The highest BCUT2D eigenvalue weighted by atomic mass is 16.5. The van der Waals surface area contributed by atoms with Crippen LogP contribution < -0.4 is 9.30 Å². The Labute approximate surface area is 225 Å². The van der Waals surface area contributed by atoms with Crippen LogP contribution in [0.3, 0.4) is 0 Å². The van der Waals surface area contributed by atoms with Gasteiger partial charge in [0.25, 0.3) is 0 Å². The number of rotatable bonds is 2. The van der Waals surface area contributed by atoms with Crippen molar-refractivity contribution >= 4 is 32.3 Å². The molecule has 1 aliphatic heterocycles. The Balaban J connectivity index is 1.73. The monoisotopic (exact) mass is 499 g/mol. The summed E-state index contributed by atoms with van der Waals surface area (Å²) in [6, 6.07) is 17.9. The largest absolute Gasteiger partial charge is 0.455 e. The van der Waals surface area contributed by atoms with Crippen molar-refractivity contribution in [3.8, 4) is 22.8 Å². The molecule has 0 aliphatic carbocycles. The van der Waals surface area contributed by atoms with E-state index in [0.717, 1.165) is 23.3 Å². The van der Waals surface area contributed by atoms with E-state index in [1.807, 2.05) is 13.8 Å². The van der Waals surface area contributed by atoms with Gasteiger partial charge in [-0.05, 0) is 58.0 Å². The van der Waals surface area contributed by atoms with Crippen LogP contribution in [0.4, 0.5) is 0 Å². The van der Waals surface area contributed by atoms with E-state index >= 15 is 0 Å². The van der Waals surface area contributed by atoms with E-state index in [9.17, 15) is 0 Å². The number of benzene rings is 4. The van der Waals surface area contributed by atoms with Crippen LogP contribution >= 0.6 is 0 Å². The topological polar surface area (TPSA) is 17.5 Å². The lowest BCUT2D eigenvalue weighted by Gasteiger charge is -2.30. The third kappa shape index (κ3) is 3.58. The van der Waals surface area contributed by atoms with Gasteiger partial charge in [0.15, 0.2) is 6.20 Å². The van der Waals surface area contributed by atoms with Gasteiger partial charge in [-0.1, -0.05) is 62.7 Å². The molecular formula is C35H35N2O+. The number of pyridine rings is 1. The summed E-state index contributed by atoms with van der Waals surface area (Å²) in [7, 11) is 2.14. The van der Waals surface area contributed by atoms with Crippen molar-refractivity contribution in [1.29, 1.82) is 0 Å². The van der Waals surface area contributed by atoms with E-state index < -0.39 is 5.54 Å². The minimum absolute atomic E-state index is 0.107. The zero-order chi connectivity index (χ0) is 27.1. The first-order valence-corrected chi connectivity index (χ1v) is 13.4. The summed E-state index contributed by atoms with van der Waals surface area (Å²) < 4.78 is 9.25. The van der Waals surface area contributed by atoms with E-state index in [4.69, 9.17) is 11.3 Å². The Bertz CT molecular complexity index is 1860. The second-order valence-corrected chi connectivity index (χ2v) is 12.7. The molecule has 0 N–H and O–H groups in total. The molecule has 5 aromatic rings. The van der Waals surface area contributed by atoms with Gasteiger partial charge >= 0.3 is 0 Å². The van der Waals surface area contributed by atoms with Gasteiger partial charge in [0.05, 0.1) is 17.4 Å². The maximum atomic E-state index is 7.57. The number of aryl methyl sites for hydroxylation is 3. The second-order valence-electron chi connectivity index (χ2n) is 12.7. The van der Waals surface area contributed by atoms with Gasteiger partial charge in [-0.15, -0.1) is 0 Å². The summed E-state index contributed by atoms with van der Waals surface area (Å²) in [6.45, 7) is 22.8. The highest BCUT2D eigenvalue weighted by Crippen LogP contribution is 2.54. The van der Waals surface area contributed by atoms with Gasteiger partial charge < -0.3 is 9.58 Å². The molecule has 190 valence electrons.